The maximum atomic E-state index is 5.88. The summed E-state index contributed by atoms with van der Waals surface area (Å²) in [6.45, 7) is 2.43. The molecule has 0 fully saturated rings. The molecule has 1 aliphatic heterocycles. The number of nitrogens with two attached hydrogens (primary N) is 1. The van der Waals surface area contributed by atoms with Crippen LogP contribution in [0, 0.1) is 0 Å². The Balaban J connectivity index is 2.12. The number of hydrogen-bond donors (Lipinski definition) is 1. The van der Waals surface area contributed by atoms with Gasteiger partial charge in [-0.25, -0.2) is 0 Å². The van der Waals surface area contributed by atoms with E-state index in [0.29, 0.717) is 6.79 Å². The van der Waals surface area contributed by atoms with Crippen molar-refractivity contribution in [1.29, 1.82) is 0 Å². The van der Waals surface area contributed by atoms with Gasteiger partial charge in [0.1, 0.15) is 0 Å². The van der Waals surface area contributed by atoms with E-state index in [2.05, 4.69) is 6.92 Å². The molecule has 3 heteroatoms. The fourth-order valence-corrected chi connectivity index (χ4v) is 1.52. The standard InChI is InChI=1S/C11H15NO2/c1-2-9(12)5-8-3-4-10-11(6-8)14-7-13-10/h3-4,6,9H,2,5,7,12H2,1H3/t9-/m0/s1. The highest BCUT2D eigenvalue weighted by molar-refractivity contribution is 5.44. The van der Waals surface area contributed by atoms with Gasteiger partial charge in [0.15, 0.2) is 11.5 Å². The van der Waals surface area contributed by atoms with Crippen molar-refractivity contribution in [2.75, 3.05) is 6.79 Å². The molecule has 0 saturated carbocycles. The second-order valence-electron chi connectivity index (χ2n) is 3.56. The number of ether oxygens (including phenoxy) is 2. The molecule has 14 heavy (non-hydrogen) atoms. The van der Waals surface area contributed by atoms with Gasteiger partial charge in [0, 0.05) is 6.04 Å². The molecule has 0 saturated heterocycles. The van der Waals surface area contributed by atoms with Gasteiger partial charge in [0.05, 0.1) is 0 Å². The fraction of sp³-hybridized carbons (Fsp3) is 0.455. The van der Waals surface area contributed by atoms with Crippen LogP contribution in [0.1, 0.15) is 18.9 Å². The maximum absolute atomic E-state index is 5.88. The first kappa shape index (κ1) is 9.34. The topological polar surface area (TPSA) is 44.5 Å². The summed E-state index contributed by atoms with van der Waals surface area (Å²) >= 11 is 0. The number of rotatable bonds is 3. The predicted molar refractivity (Wildman–Crippen MR) is 54.5 cm³/mol. The molecule has 0 radical (unpaired) electrons. The second kappa shape index (κ2) is 3.88. The quantitative estimate of drug-likeness (QED) is 0.794. The Morgan fingerprint density at radius 3 is 2.93 bits per heavy atom. The van der Waals surface area contributed by atoms with Gasteiger partial charge in [-0.2, -0.15) is 0 Å². The van der Waals surface area contributed by atoms with Gasteiger partial charge in [-0.1, -0.05) is 13.0 Å². The van der Waals surface area contributed by atoms with Gasteiger partial charge in [-0.3, -0.25) is 0 Å². The molecule has 1 heterocycles. The fourth-order valence-electron chi connectivity index (χ4n) is 1.52. The molecule has 1 atom stereocenters. The Hall–Kier alpha value is -1.22. The molecule has 0 aliphatic carbocycles. The summed E-state index contributed by atoms with van der Waals surface area (Å²) in [6, 6.07) is 6.23. The van der Waals surface area contributed by atoms with Crippen LogP contribution >= 0.6 is 0 Å². The van der Waals surface area contributed by atoms with Gasteiger partial charge in [0.2, 0.25) is 6.79 Å². The molecular formula is C11H15NO2. The number of hydrogen-bond acceptors (Lipinski definition) is 3. The number of fused-ring (bicyclic) bond motifs is 1. The van der Waals surface area contributed by atoms with Gasteiger partial charge < -0.3 is 15.2 Å². The molecule has 1 aromatic carbocycles. The highest BCUT2D eigenvalue weighted by atomic mass is 16.7. The van der Waals surface area contributed by atoms with Crippen molar-refractivity contribution in [1.82, 2.24) is 0 Å². The van der Waals surface area contributed by atoms with Crippen LogP contribution in [0.15, 0.2) is 18.2 Å². The summed E-state index contributed by atoms with van der Waals surface area (Å²) in [5, 5.41) is 0. The van der Waals surface area contributed by atoms with Crippen molar-refractivity contribution < 1.29 is 9.47 Å². The second-order valence-corrected chi connectivity index (χ2v) is 3.56. The van der Waals surface area contributed by atoms with Gasteiger partial charge in [-0.05, 0) is 30.5 Å². The SMILES string of the molecule is CC[C@H](N)Cc1ccc2c(c1)OCO2. The Labute approximate surface area is 83.8 Å². The molecule has 1 aliphatic rings. The molecule has 0 spiro atoms. The minimum atomic E-state index is 0.232. The molecular weight excluding hydrogens is 178 g/mol. The first-order chi connectivity index (χ1) is 6.79. The number of benzene rings is 1. The third-order valence-corrected chi connectivity index (χ3v) is 2.46. The van der Waals surface area contributed by atoms with Crippen LogP contribution in [0.25, 0.3) is 0 Å². The van der Waals surface area contributed by atoms with E-state index < -0.39 is 0 Å². The first-order valence-corrected chi connectivity index (χ1v) is 4.93. The van der Waals surface area contributed by atoms with Gasteiger partial charge in [-0.15, -0.1) is 0 Å². The van der Waals surface area contributed by atoms with Crippen molar-refractivity contribution in [2.45, 2.75) is 25.8 Å². The first-order valence-electron chi connectivity index (χ1n) is 4.93. The zero-order valence-electron chi connectivity index (χ0n) is 8.32. The largest absolute Gasteiger partial charge is 0.454 e. The average molecular weight is 193 g/mol. The van der Waals surface area contributed by atoms with E-state index in [-0.39, 0.29) is 6.04 Å². The molecule has 0 unspecified atom stereocenters. The lowest BCUT2D eigenvalue weighted by Gasteiger charge is -2.08. The third-order valence-electron chi connectivity index (χ3n) is 2.46. The third kappa shape index (κ3) is 1.82. The predicted octanol–water partition coefficient (Wildman–Crippen LogP) is 1.70. The van der Waals surface area contributed by atoms with E-state index in [4.69, 9.17) is 15.2 Å². The lowest BCUT2D eigenvalue weighted by molar-refractivity contribution is 0.174. The lowest BCUT2D eigenvalue weighted by Crippen LogP contribution is -2.21. The Morgan fingerprint density at radius 2 is 2.14 bits per heavy atom. The van der Waals surface area contributed by atoms with E-state index in [9.17, 15) is 0 Å². The van der Waals surface area contributed by atoms with Gasteiger partial charge >= 0.3 is 0 Å². The zero-order valence-corrected chi connectivity index (χ0v) is 8.32. The van der Waals surface area contributed by atoms with Crippen LogP contribution in [0.4, 0.5) is 0 Å². The van der Waals surface area contributed by atoms with Crippen LogP contribution in [-0.2, 0) is 6.42 Å². The van der Waals surface area contributed by atoms with Crippen molar-refractivity contribution in [3.8, 4) is 11.5 Å². The van der Waals surface area contributed by atoms with Crippen LogP contribution in [0.2, 0.25) is 0 Å². The van der Waals surface area contributed by atoms with E-state index in [0.717, 1.165) is 24.3 Å². The van der Waals surface area contributed by atoms with Crippen LogP contribution in [0.5, 0.6) is 11.5 Å². The summed E-state index contributed by atoms with van der Waals surface area (Å²) in [4.78, 5) is 0. The van der Waals surface area contributed by atoms with Crippen molar-refractivity contribution in [3.05, 3.63) is 23.8 Å². The monoisotopic (exact) mass is 193 g/mol. The molecule has 76 valence electrons. The van der Waals surface area contributed by atoms with Crippen LogP contribution in [0.3, 0.4) is 0 Å². The Bertz CT molecular complexity index is 325. The summed E-state index contributed by atoms with van der Waals surface area (Å²) in [7, 11) is 0. The van der Waals surface area contributed by atoms with E-state index in [1.165, 1.54) is 5.56 Å². The summed E-state index contributed by atoms with van der Waals surface area (Å²) in [6.07, 6.45) is 1.89. The molecule has 3 nitrogen and oxygen atoms in total. The van der Waals surface area contributed by atoms with Crippen LogP contribution < -0.4 is 15.2 Å². The van der Waals surface area contributed by atoms with Crippen LogP contribution in [-0.4, -0.2) is 12.8 Å². The highest BCUT2D eigenvalue weighted by Crippen LogP contribution is 2.32. The molecule has 2 N–H and O–H groups in total. The maximum Gasteiger partial charge on any atom is 0.231 e. The molecule has 0 bridgehead atoms. The van der Waals surface area contributed by atoms with E-state index in [1.54, 1.807) is 0 Å². The van der Waals surface area contributed by atoms with E-state index in [1.807, 2.05) is 18.2 Å². The minimum Gasteiger partial charge on any atom is -0.454 e. The summed E-state index contributed by atoms with van der Waals surface area (Å²) < 4.78 is 10.5. The minimum absolute atomic E-state index is 0.232. The highest BCUT2D eigenvalue weighted by Gasteiger charge is 2.13. The summed E-state index contributed by atoms with van der Waals surface area (Å²) in [5.74, 6) is 1.67. The normalized spacial score (nSPS) is 15.6. The van der Waals surface area contributed by atoms with Crippen molar-refractivity contribution in [2.24, 2.45) is 5.73 Å². The van der Waals surface area contributed by atoms with Crippen molar-refractivity contribution in [3.63, 3.8) is 0 Å². The Morgan fingerprint density at radius 1 is 1.36 bits per heavy atom. The summed E-state index contributed by atoms with van der Waals surface area (Å²) in [5.41, 5.74) is 7.09. The van der Waals surface area contributed by atoms with Crippen molar-refractivity contribution >= 4 is 0 Å². The zero-order chi connectivity index (χ0) is 9.97. The lowest BCUT2D eigenvalue weighted by atomic mass is 10.0. The smallest absolute Gasteiger partial charge is 0.231 e. The Kier molecular flexibility index (Phi) is 2.59. The van der Waals surface area contributed by atoms with E-state index >= 15 is 0 Å². The van der Waals surface area contributed by atoms with Gasteiger partial charge in [0.25, 0.3) is 0 Å². The molecule has 1 aromatic rings. The average Bonchev–Trinajstić information content (AvgIpc) is 2.64. The molecule has 2 rings (SSSR count). The molecule has 0 amide bonds. The molecule has 0 aromatic heterocycles.